The molecule has 0 aromatic heterocycles. The Hall–Kier alpha value is -1.83. The molecule has 0 aliphatic heterocycles. The molecule has 0 radical (unpaired) electrons. The normalized spacial score (nSPS) is 18.2. The first-order valence-electron chi connectivity index (χ1n) is 12.9. The van der Waals surface area contributed by atoms with Gasteiger partial charge >= 0.3 is 12.1 Å². The minimum Gasteiger partial charge on any atom is -0.480 e. The van der Waals surface area contributed by atoms with Gasteiger partial charge < -0.3 is 25.2 Å². The molecular weight excluding hydrogens is 468 g/mol. The highest BCUT2D eigenvalue weighted by Crippen LogP contribution is 2.22. The summed E-state index contributed by atoms with van der Waals surface area (Å²) in [7, 11) is 0. The molecule has 0 bridgehead atoms. The van der Waals surface area contributed by atoms with Crippen LogP contribution in [0.25, 0.3) is 0 Å². The van der Waals surface area contributed by atoms with Gasteiger partial charge in [0.05, 0.1) is 13.2 Å². The van der Waals surface area contributed by atoms with E-state index in [2.05, 4.69) is 10.6 Å². The molecule has 1 aromatic rings. The van der Waals surface area contributed by atoms with E-state index in [4.69, 9.17) is 26.2 Å². The molecular formula is C27H43ClN2O5. The van der Waals surface area contributed by atoms with Gasteiger partial charge in [-0.05, 0) is 64.2 Å². The van der Waals surface area contributed by atoms with Crippen molar-refractivity contribution in [3.8, 4) is 0 Å². The Morgan fingerprint density at radius 1 is 0.971 bits per heavy atom. The van der Waals surface area contributed by atoms with Gasteiger partial charge in [-0.25, -0.2) is 9.59 Å². The maximum absolute atomic E-state index is 11.6. The Kier molecular flexibility index (Phi) is 12.9. The lowest BCUT2D eigenvalue weighted by Gasteiger charge is -2.30. The number of hydrogen-bond donors (Lipinski definition) is 3. The molecule has 3 rings (SSSR count). The zero-order valence-electron chi connectivity index (χ0n) is 21.5. The molecule has 8 heteroatoms. The van der Waals surface area contributed by atoms with Crippen LogP contribution < -0.4 is 10.6 Å². The number of halogens is 1. The summed E-state index contributed by atoms with van der Waals surface area (Å²) in [4.78, 5) is 22.7. The van der Waals surface area contributed by atoms with E-state index in [1.165, 1.54) is 64.2 Å². The smallest absolute Gasteiger partial charge is 0.408 e. The van der Waals surface area contributed by atoms with Crippen LogP contribution in [0.4, 0.5) is 4.79 Å². The minimum absolute atomic E-state index is 0.169. The molecule has 3 N–H and O–H groups in total. The number of alkyl carbamates (subject to hydrolysis) is 1. The molecule has 0 spiro atoms. The summed E-state index contributed by atoms with van der Waals surface area (Å²) in [6, 6.07) is 7.55. The van der Waals surface area contributed by atoms with Crippen LogP contribution >= 0.6 is 11.6 Å². The number of benzene rings is 1. The van der Waals surface area contributed by atoms with Crippen LogP contribution in [0, 0.1) is 0 Å². The highest BCUT2D eigenvalue weighted by Gasteiger charge is 2.24. The Bertz CT molecular complexity index is 738. The number of nitrogens with one attached hydrogen (secondary N) is 2. The van der Waals surface area contributed by atoms with Crippen molar-refractivity contribution in [3.05, 3.63) is 34.9 Å². The van der Waals surface area contributed by atoms with Crippen LogP contribution in [0.2, 0.25) is 5.02 Å². The molecule has 198 valence electrons. The Labute approximate surface area is 215 Å². The van der Waals surface area contributed by atoms with Gasteiger partial charge in [0.1, 0.15) is 5.60 Å². The first-order valence-corrected chi connectivity index (χ1v) is 13.3. The second-order valence-electron chi connectivity index (χ2n) is 10.5. The molecule has 2 aliphatic carbocycles. The number of amides is 1. The van der Waals surface area contributed by atoms with Gasteiger partial charge in [0, 0.05) is 17.1 Å². The van der Waals surface area contributed by atoms with Crippen LogP contribution in [0.5, 0.6) is 0 Å². The number of aliphatic carboxylic acids is 1. The van der Waals surface area contributed by atoms with E-state index in [0.29, 0.717) is 5.02 Å². The molecule has 7 nitrogen and oxygen atoms in total. The number of carbonyl (C=O) groups is 2. The van der Waals surface area contributed by atoms with E-state index in [1.807, 2.05) is 0 Å². The first-order chi connectivity index (χ1) is 16.6. The number of rotatable bonds is 8. The van der Waals surface area contributed by atoms with Crippen molar-refractivity contribution in [1.82, 2.24) is 10.6 Å². The molecule has 0 saturated heterocycles. The van der Waals surface area contributed by atoms with Crippen molar-refractivity contribution in [2.24, 2.45) is 0 Å². The largest absolute Gasteiger partial charge is 0.480 e. The summed E-state index contributed by atoms with van der Waals surface area (Å²) in [6.45, 7) is 5.13. The van der Waals surface area contributed by atoms with E-state index in [1.54, 1.807) is 45.0 Å². The summed E-state index contributed by atoms with van der Waals surface area (Å²) in [5.41, 5.74) is 0.155. The van der Waals surface area contributed by atoms with Gasteiger partial charge in [-0.3, -0.25) is 0 Å². The van der Waals surface area contributed by atoms with Crippen LogP contribution in [-0.4, -0.2) is 47.5 Å². The highest BCUT2D eigenvalue weighted by atomic mass is 35.5. The molecule has 1 aromatic carbocycles. The third-order valence-electron chi connectivity index (χ3n) is 6.14. The van der Waals surface area contributed by atoms with Crippen LogP contribution in [0.15, 0.2) is 24.3 Å². The average molecular weight is 511 g/mol. The third-order valence-corrected chi connectivity index (χ3v) is 6.39. The molecule has 0 unspecified atom stereocenters. The van der Waals surface area contributed by atoms with Gasteiger partial charge in [-0.15, -0.1) is 0 Å². The van der Waals surface area contributed by atoms with E-state index in [9.17, 15) is 9.59 Å². The molecule has 2 fully saturated rings. The van der Waals surface area contributed by atoms with E-state index < -0.39 is 23.7 Å². The number of ether oxygens (including phenoxy) is 2. The van der Waals surface area contributed by atoms with Gasteiger partial charge in [-0.1, -0.05) is 62.3 Å². The number of carbonyl (C=O) groups excluding carboxylic acids is 1. The van der Waals surface area contributed by atoms with Crippen molar-refractivity contribution in [3.63, 3.8) is 0 Å². The van der Waals surface area contributed by atoms with Gasteiger partial charge in [-0.2, -0.15) is 0 Å². The number of hydrogen-bond acceptors (Lipinski definition) is 5. The molecule has 35 heavy (non-hydrogen) atoms. The maximum Gasteiger partial charge on any atom is 0.408 e. The van der Waals surface area contributed by atoms with E-state index in [-0.39, 0.29) is 13.2 Å². The lowest BCUT2D eigenvalue weighted by atomic mass is 9.91. The zero-order valence-corrected chi connectivity index (χ0v) is 22.2. The second-order valence-corrected chi connectivity index (χ2v) is 11.0. The van der Waals surface area contributed by atoms with Crippen molar-refractivity contribution >= 4 is 23.7 Å². The van der Waals surface area contributed by atoms with Crippen molar-refractivity contribution in [2.75, 3.05) is 6.61 Å². The summed E-state index contributed by atoms with van der Waals surface area (Å²) in [6.07, 6.45) is 13.8. The summed E-state index contributed by atoms with van der Waals surface area (Å²) < 4.78 is 10.3. The Morgan fingerprint density at radius 3 is 1.94 bits per heavy atom. The van der Waals surface area contributed by atoms with Crippen molar-refractivity contribution < 1.29 is 24.2 Å². The highest BCUT2D eigenvalue weighted by molar-refractivity contribution is 6.30. The lowest BCUT2D eigenvalue weighted by Crippen LogP contribution is -2.46. The first kappa shape index (κ1) is 29.4. The van der Waals surface area contributed by atoms with Crippen molar-refractivity contribution in [2.45, 2.75) is 115 Å². The van der Waals surface area contributed by atoms with Gasteiger partial charge in [0.25, 0.3) is 0 Å². The van der Waals surface area contributed by atoms with Gasteiger partial charge in [0.2, 0.25) is 0 Å². The Balaban J connectivity index is 0.000000279. The fourth-order valence-electron chi connectivity index (χ4n) is 4.37. The maximum atomic E-state index is 11.6. The van der Waals surface area contributed by atoms with Crippen molar-refractivity contribution in [1.29, 1.82) is 0 Å². The number of carboxylic acids is 1. The SMILES string of the molecule is C1CCC(NC2CCCCC2)CC1.CC(C)(C)OC(=O)N[C@@H](COCc1ccc(Cl)cc1)C(=O)O. The zero-order chi connectivity index (χ0) is 25.7. The lowest BCUT2D eigenvalue weighted by molar-refractivity contribution is -0.141. The van der Waals surface area contributed by atoms with Gasteiger partial charge in [0.15, 0.2) is 6.04 Å². The molecule has 1 atom stereocenters. The minimum atomic E-state index is -1.19. The quantitative estimate of drug-likeness (QED) is 0.392. The topological polar surface area (TPSA) is 96.9 Å². The fourth-order valence-corrected chi connectivity index (χ4v) is 4.50. The summed E-state index contributed by atoms with van der Waals surface area (Å²) in [5.74, 6) is -1.19. The summed E-state index contributed by atoms with van der Waals surface area (Å²) in [5, 5.41) is 15.8. The standard InChI is InChI=1S/C15H20ClNO5.C12H23N/c1-15(2,3)22-14(20)17-12(13(18)19)9-21-8-10-4-6-11(16)7-5-10;1-3-7-11(8-4-1)13-12-9-5-2-6-10-12/h4-7,12H,8-9H2,1-3H3,(H,17,20)(H,18,19);11-13H,1-10H2/t12-;/m0./s1. The van der Waals surface area contributed by atoms with Crippen LogP contribution in [-0.2, 0) is 20.9 Å². The van der Waals surface area contributed by atoms with E-state index in [0.717, 1.165) is 17.6 Å². The molecule has 1 amide bonds. The summed E-state index contributed by atoms with van der Waals surface area (Å²) >= 11 is 5.77. The second kappa shape index (κ2) is 15.3. The molecule has 2 saturated carbocycles. The van der Waals surface area contributed by atoms with E-state index >= 15 is 0 Å². The molecule has 0 heterocycles. The monoisotopic (exact) mass is 510 g/mol. The number of carboxylic acid groups (broad SMARTS) is 1. The molecule has 2 aliphatic rings. The predicted octanol–water partition coefficient (Wildman–Crippen LogP) is 6.08. The Morgan fingerprint density at radius 2 is 1.49 bits per heavy atom. The average Bonchev–Trinajstić information content (AvgIpc) is 2.80. The van der Waals surface area contributed by atoms with Crippen LogP contribution in [0.3, 0.4) is 0 Å². The fraction of sp³-hybridized carbons (Fsp3) is 0.704. The van der Waals surface area contributed by atoms with Crippen LogP contribution in [0.1, 0.15) is 90.5 Å². The predicted molar refractivity (Wildman–Crippen MR) is 139 cm³/mol. The third kappa shape index (κ3) is 13.2.